The number of hydrogen-bond donors (Lipinski definition) is 0. The highest BCUT2D eigenvalue weighted by molar-refractivity contribution is 5.86. The van der Waals surface area contributed by atoms with Crippen molar-refractivity contribution in [1.29, 1.82) is 0 Å². The minimum atomic E-state index is -4.56. The van der Waals surface area contributed by atoms with Crippen LogP contribution in [0.3, 0.4) is 0 Å². The Balaban J connectivity index is 2.83. The van der Waals surface area contributed by atoms with E-state index in [1.54, 1.807) is 19.9 Å². The molecule has 0 saturated carbocycles. The van der Waals surface area contributed by atoms with Crippen molar-refractivity contribution in [3.05, 3.63) is 33.9 Å². The van der Waals surface area contributed by atoms with Gasteiger partial charge in [-0.05, 0) is 36.6 Å². The largest absolute Gasteiger partial charge is 0.493 e. The summed E-state index contributed by atoms with van der Waals surface area (Å²) in [5, 5.41) is 0. The Kier molecular flexibility index (Phi) is 6.77. The number of benzene rings is 1. The summed E-state index contributed by atoms with van der Waals surface area (Å²) in [6.45, 7) is 3.41. The molecule has 1 aromatic carbocycles. The molecule has 0 aliphatic carbocycles. The van der Waals surface area contributed by atoms with Gasteiger partial charge in [0.05, 0.1) is 26.9 Å². The summed E-state index contributed by atoms with van der Waals surface area (Å²) in [5.74, 6) is 0.990. The standard InChI is InChI=1S/C20H24F3NO4/c1-7-12-10-24-19(28-6)14(16(12)20(21,22)23)9-13-11(2)8-15(25-3)18(27-5)17(13)26-4/h8-10,19H,7H2,1-6H3. The molecule has 1 heterocycles. The number of halogens is 3. The molecule has 1 aromatic rings. The van der Waals surface area contributed by atoms with E-state index in [0.717, 1.165) is 0 Å². The van der Waals surface area contributed by atoms with E-state index in [1.807, 2.05) is 0 Å². The molecule has 154 valence electrons. The minimum absolute atomic E-state index is 0.0806. The number of rotatable bonds is 6. The van der Waals surface area contributed by atoms with Crippen LogP contribution < -0.4 is 14.2 Å². The van der Waals surface area contributed by atoms with Crippen LogP contribution in [-0.4, -0.2) is 47.1 Å². The van der Waals surface area contributed by atoms with E-state index >= 15 is 0 Å². The third-order valence-electron chi connectivity index (χ3n) is 4.50. The molecular weight excluding hydrogens is 375 g/mol. The van der Waals surface area contributed by atoms with Gasteiger partial charge in [0.1, 0.15) is 0 Å². The lowest BCUT2D eigenvalue weighted by atomic mass is 9.91. The van der Waals surface area contributed by atoms with Crippen molar-refractivity contribution in [3.63, 3.8) is 0 Å². The summed E-state index contributed by atoms with van der Waals surface area (Å²) in [6.07, 6.45) is -2.82. The smallest absolute Gasteiger partial charge is 0.417 e. The Hall–Kier alpha value is -2.48. The SMILES string of the molecule is CCC1=C(C(F)(F)F)C(=Cc2c(C)cc(OC)c(OC)c2OC)C(OC)N=C1. The first-order chi connectivity index (χ1) is 13.2. The maximum Gasteiger partial charge on any atom is 0.417 e. The first-order valence-electron chi connectivity index (χ1n) is 8.61. The second-order valence-corrected chi connectivity index (χ2v) is 6.09. The number of nitrogens with zero attached hydrogens (tertiary/aromatic N) is 1. The number of ether oxygens (including phenoxy) is 4. The second-order valence-electron chi connectivity index (χ2n) is 6.09. The molecule has 0 saturated heterocycles. The maximum atomic E-state index is 13.9. The Labute approximate surface area is 162 Å². The molecule has 0 spiro atoms. The van der Waals surface area contributed by atoms with Gasteiger partial charge in [0.25, 0.3) is 0 Å². The lowest BCUT2D eigenvalue weighted by molar-refractivity contribution is -0.0919. The zero-order valence-electron chi connectivity index (χ0n) is 16.7. The van der Waals surface area contributed by atoms with Gasteiger partial charge in [-0.1, -0.05) is 6.92 Å². The Morgan fingerprint density at radius 2 is 1.71 bits per heavy atom. The lowest BCUT2D eigenvalue weighted by Gasteiger charge is -2.26. The van der Waals surface area contributed by atoms with Crippen molar-refractivity contribution in [1.82, 2.24) is 0 Å². The Morgan fingerprint density at radius 1 is 1.07 bits per heavy atom. The summed E-state index contributed by atoms with van der Waals surface area (Å²) in [6, 6.07) is 1.68. The topological polar surface area (TPSA) is 49.3 Å². The van der Waals surface area contributed by atoms with Gasteiger partial charge in [0, 0.05) is 24.5 Å². The highest BCUT2D eigenvalue weighted by Gasteiger charge is 2.42. The van der Waals surface area contributed by atoms with Crippen LogP contribution in [0.4, 0.5) is 13.2 Å². The van der Waals surface area contributed by atoms with E-state index in [4.69, 9.17) is 18.9 Å². The summed E-state index contributed by atoms with van der Waals surface area (Å²) in [7, 11) is 5.65. The molecule has 0 radical (unpaired) electrons. The zero-order valence-corrected chi connectivity index (χ0v) is 16.7. The molecule has 5 nitrogen and oxygen atoms in total. The van der Waals surface area contributed by atoms with E-state index in [1.165, 1.54) is 40.7 Å². The number of aliphatic imine (C=N–C) groups is 1. The van der Waals surface area contributed by atoms with Gasteiger partial charge in [-0.15, -0.1) is 0 Å². The summed E-state index contributed by atoms with van der Waals surface area (Å²) < 4.78 is 63.0. The maximum absolute atomic E-state index is 13.9. The Bertz CT molecular complexity index is 826. The van der Waals surface area contributed by atoms with Crippen LogP contribution >= 0.6 is 0 Å². The van der Waals surface area contributed by atoms with E-state index in [0.29, 0.717) is 22.6 Å². The van der Waals surface area contributed by atoms with Crippen LogP contribution in [0.5, 0.6) is 17.2 Å². The van der Waals surface area contributed by atoms with E-state index in [-0.39, 0.29) is 23.3 Å². The van der Waals surface area contributed by atoms with Gasteiger partial charge in [-0.2, -0.15) is 13.2 Å². The molecule has 0 fully saturated rings. The lowest BCUT2D eigenvalue weighted by Crippen LogP contribution is -2.27. The van der Waals surface area contributed by atoms with E-state index < -0.39 is 18.0 Å². The molecule has 1 unspecified atom stereocenters. The fourth-order valence-corrected chi connectivity index (χ4v) is 3.19. The molecule has 1 aliphatic rings. The van der Waals surface area contributed by atoms with Gasteiger partial charge in [0.15, 0.2) is 17.7 Å². The molecule has 2 rings (SSSR count). The normalized spacial score (nSPS) is 18.6. The van der Waals surface area contributed by atoms with Crippen molar-refractivity contribution in [3.8, 4) is 17.2 Å². The van der Waals surface area contributed by atoms with Crippen LogP contribution in [0.1, 0.15) is 24.5 Å². The third kappa shape index (κ3) is 4.01. The average Bonchev–Trinajstić information content (AvgIpc) is 2.67. The van der Waals surface area contributed by atoms with Gasteiger partial charge >= 0.3 is 6.18 Å². The monoisotopic (exact) mass is 399 g/mol. The average molecular weight is 399 g/mol. The third-order valence-corrected chi connectivity index (χ3v) is 4.50. The molecule has 1 atom stereocenters. The predicted molar refractivity (Wildman–Crippen MR) is 101 cm³/mol. The van der Waals surface area contributed by atoms with Crippen molar-refractivity contribution >= 4 is 12.3 Å². The number of dihydropyridines is 1. The zero-order chi connectivity index (χ0) is 21.1. The fourth-order valence-electron chi connectivity index (χ4n) is 3.19. The molecule has 8 heteroatoms. The molecule has 0 aromatic heterocycles. The van der Waals surface area contributed by atoms with Crippen molar-refractivity contribution in [2.75, 3.05) is 28.4 Å². The van der Waals surface area contributed by atoms with Crippen LogP contribution in [-0.2, 0) is 4.74 Å². The van der Waals surface area contributed by atoms with E-state index in [9.17, 15) is 13.2 Å². The van der Waals surface area contributed by atoms with Crippen LogP contribution in [0.15, 0.2) is 27.8 Å². The Morgan fingerprint density at radius 3 is 2.18 bits per heavy atom. The van der Waals surface area contributed by atoms with E-state index in [2.05, 4.69) is 4.99 Å². The van der Waals surface area contributed by atoms with Gasteiger partial charge in [-0.25, -0.2) is 0 Å². The molecule has 0 bridgehead atoms. The fraction of sp³-hybridized carbons (Fsp3) is 0.450. The van der Waals surface area contributed by atoms with Gasteiger partial charge in [0.2, 0.25) is 5.75 Å². The highest BCUT2D eigenvalue weighted by Crippen LogP contribution is 2.45. The highest BCUT2D eigenvalue weighted by atomic mass is 19.4. The number of aryl methyl sites for hydroxylation is 1. The number of methoxy groups -OCH3 is 4. The van der Waals surface area contributed by atoms with Crippen LogP contribution in [0.2, 0.25) is 0 Å². The number of allylic oxidation sites excluding steroid dienone is 1. The van der Waals surface area contributed by atoms with Gasteiger partial charge in [-0.3, -0.25) is 4.99 Å². The number of hydrogen-bond acceptors (Lipinski definition) is 5. The van der Waals surface area contributed by atoms with Crippen LogP contribution in [0.25, 0.3) is 6.08 Å². The quantitative estimate of drug-likeness (QED) is 0.694. The molecule has 0 N–H and O–H groups in total. The first kappa shape index (κ1) is 21.8. The summed E-state index contributed by atoms with van der Waals surface area (Å²) >= 11 is 0. The van der Waals surface area contributed by atoms with Crippen molar-refractivity contribution < 1.29 is 32.1 Å². The van der Waals surface area contributed by atoms with Crippen LogP contribution in [0, 0.1) is 6.92 Å². The number of alkyl halides is 3. The minimum Gasteiger partial charge on any atom is -0.493 e. The van der Waals surface area contributed by atoms with Crippen molar-refractivity contribution in [2.24, 2.45) is 4.99 Å². The predicted octanol–water partition coefficient (Wildman–Crippen LogP) is 4.73. The van der Waals surface area contributed by atoms with Gasteiger partial charge < -0.3 is 18.9 Å². The molecule has 0 amide bonds. The second kappa shape index (κ2) is 8.68. The summed E-state index contributed by atoms with van der Waals surface area (Å²) in [4.78, 5) is 4.13. The molecule has 1 aliphatic heterocycles. The first-order valence-corrected chi connectivity index (χ1v) is 8.61. The summed E-state index contributed by atoms with van der Waals surface area (Å²) in [5.41, 5.74) is 0.373. The van der Waals surface area contributed by atoms with Crippen molar-refractivity contribution in [2.45, 2.75) is 32.7 Å². The molecular formula is C20H24F3NO4. The molecule has 28 heavy (non-hydrogen) atoms.